The van der Waals surface area contributed by atoms with E-state index in [0.29, 0.717) is 62.0 Å². The summed E-state index contributed by atoms with van der Waals surface area (Å²) in [7, 11) is 1.59. The molecular weight excluding hydrogens is 524 g/mol. The van der Waals surface area contributed by atoms with Crippen LogP contribution in [0.1, 0.15) is 28.8 Å². The van der Waals surface area contributed by atoms with Gasteiger partial charge in [0.05, 0.1) is 13.8 Å². The molecule has 2 fully saturated rings. The normalized spacial score (nSPS) is 17.2. The van der Waals surface area contributed by atoms with Crippen molar-refractivity contribution in [2.75, 3.05) is 45.1 Å². The molecule has 3 aliphatic heterocycles. The zero-order valence-corrected chi connectivity index (χ0v) is 22.9. The van der Waals surface area contributed by atoms with Crippen LogP contribution in [-0.2, 0) is 16.1 Å². The number of para-hydroxylation sites is 1. The van der Waals surface area contributed by atoms with E-state index in [9.17, 15) is 14.4 Å². The van der Waals surface area contributed by atoms with Gasteiger partial charge in [-0.05, 0) is 66.9 Å². The summed E-state index contributed by atoms with van der Waals surface area (Å²) in [5, 5.41) is 2.92. The molecule has 1 N–H and O–H groups in total. The predicted molar refractivity (Wildman–Crippen MR) is 151 cm³/mol. The van der Waals surface area contributed by atoms with Crippen LogP contribution in [0.5, 0.6) is 17.2 Å². The van der Waals surface area contributed by atoms with Gasteiger partial charge in [0.2, 0.25) is 12.7 Å². The minimum atomic E-state index is -0.824. The highest BCUT2D eigenvalue weighted by molar-refractivity contribution is 5.97. The average molecular weight is 557 g/mol. The van der Waals surface area contributed by atoms with Gasteiger partial charge in [-0.25, -0.2) is 0 Å². The van der Waals surface area contributed by atoms with Crippen molar-refractivity contribution in [3.8, 4) is 17.2 Å². The molecule has 41 heavy (non-hydrogen) atoms. The Bertz CT molecular complexity index is 1440. The van der Waals surface area contributed by atoms with E-state index in [2.05, 4.69) is 10.2 Å². The van der Waals surface area contributed by atoms with Gasteiger partial charge in [-0.2, -0.15) is 0 Å². The van der Waals surface area contributed by atoms with Crippen LogP contribution in [-0.4, -0.2) is 73.3 Å². The maximum atomic E-state index is 14.0. The molecule has 3 amide bonds. The first-order chi connectivity index (χ1) is 20.0. The van der Waals surface area contributed by atoms with Crippen LogP contribution >= 0.6 is 0 Å². The van der Waals surface area contributed by atoms with E-state index in [4.69, 9.17) is 14.2 Å². The highest BCUT2D eigenvalue weighted by atomic mass is 16.7. The summed E-state index contributed by atoms with van der Waals surface area (Å²) in [6.45, 7) is 1.62. The van der Waals surface area contributed by atoms with Crippen LogP contribution in [0.15, 0.2) is 72.8 Å². The Kier molecular flexibility index (Phi) is 7.13. The Morgan fingerprint density at radius 1 is 0.951 bits per heavy atom. The maximum Gasteiger partial charge on any atom is 0.253 e. The molecule has 212 valence electrons. The second-order valence-corrected chi connectivity index (χ2v) is 10.4. The Morgan fingerprint density at radius 2 is 1.68 bits per heavy atom. The summed E-state index contributed by atoms with van der Waals surface area (Å²) in [5.74, 6) is 1.63. The topological polar surface area (TPSA) is 101 Å². The van der Waals surface area contributed by atoms with Gasteiger partial charge in [0.15, 0.2) is 11.5 Å². The number of anilines is 1. The third-order valence-electron chi connectivity index (χ3n) is 8.06. The second-order valence-electron chi connectivity index (χ2n) is 10.4. The molecule has 6 rings (SSSR count). The van der Waals surface area contributed by atoms with Crippen molar-refractivity contribution in [1.82, 2.24) is 15.1 Å². The first kappa shape index (κ1) is 26.5. The third kappa shape index (κ3) is 5.13. The summed E-state index contributed by atoms with van der Waals surface area (Å²) in [5.41, 5.74) is 1.56. The fourth-order valence-corrected chi connectivity index (χ4v) is 5.80. The molecule has 2 saturated heterocycles. The summed E-state index contributed by atoms with van der Waals surface area (Å²) in [4.78, 5) is 45.7. The molecular formula is C31H32N4O6. The second kappa shape index (κ2) is 11.0. The lowest BCUT2D eigenvalue weighted by Gasteiger charge is -2.43. The van der Waals surface area contributed by atoms with E-state index in [1.165, 1.54) is 0 Å². The van der Waals surface area contributed by atoms with Crippen LogP contribution in [0.2, 0.25) is 0 Å². The lowest BCUT2D eigenvalue weighted by molar-refractivity contribution is -0.137. The number of hydrogen-bond donors (Lipinski definition) is 1. The average Bonchev–Trinajstić information content (AvgIpc) is 3.59. The zero-order chi connectivity index (χ0) is 28.4. The molecule has 3 aromatic carbocycles. The standard InChI is InChI=1S/C31H32N4O6/c1-39-25-10-8-23(9-11-25)29(37)33-15-13-31(14-16-33)30(38)34(20-35(31)24-5-3-2-4-6-24)19-28(36)32-18-22-7-12-26-27(17-22)41-21-40-26/h2-12,17H,13-16,18-21H2,1H3,(H,32,36). The number of amides is 3. The zero-order valence-electron chi connectivity index (χ0n) is 22.9. The van der Waals surface area contributed by atoms with Crippen LogP contribution in [0.25, 0.3) is 0 Å². The van der Waals surface area contributed by atoms with Crippen molar-refractivity contribution in [3.05, 3.63) is 83.9 Å². The number of ether oxygens (including phenoxy) is 3. The SMILES string of the molecule is COc1ccc(C(=O)N2CCC3(CC2)C(=O)N(CC(=O)NCc2ccc4c(c2)OCO4)CN3c2ccccc2)cc1. The van der Waals surface area contributed by atoms with Crippen molar-refractivity contribution in [2.45, 2.75) is 24.9 Å². The van der Waals surface area contributed by atoms with Crippen molar-refractivity contribution in [3.63, 3.8) is 0 Å². The smallest absolute Gasteiger partial charge is 0.253 e. The molecule has 0 atom stereocenters. The van der Waals surface area contributed by atoms with Gasteiger partial charge in [0.1, 0.15) is 17.8 Å². The molecule has 0 radical (unpaired) electrons. The Morgan fingerprint density at radius 3 is 2.41 bits per heavy atom. The Balaban J connectivity index is 1.14. The molecule has 1 spiro atoms. The number of nitrogens with zero attached hydrogens (tertiary/aromatic N) is 3. The fourth-order valence-electron chi connectivity index (χ4n) is 5.80. The summed E-state index contributed by atoms with van der Waals surface area (Å²) in [6.07, 6.45) is 0.940. The number of benzene rings is 3. The molecule has 0 unspecified atom stereocenters. The number of carbonyl (C=O) groups is 3. The van der Waals surface area contributed by atoms with Gasteiger partial charge in [-0.15, -0.1) is 0 Å². The van der Waals surface area contributed by atoms with Crippen LogP contribution in [0.3, 0.4) is 0 Å². The fraction of sp³-hybridized carbons (Fsp3) is 0.323. The lowest BCUT2D eigenvalue weighted by Crippen LogP contribution is -2.57. The minimum Gasteiger partial charge on any atom is -0.497 e. The highest BCUT2D eigenvalue weighted by Crippen LogP contribution is 2.40. The number of carbonyl (C=O) groups excluding carboxylic acids is 3. The van der Waals surface area contributed by atoms with Crippen LogP contribution in [0, 0.1) is 0 Å². The molecule has 3 heterocycles. The largest absolute Gasteiger partial charge is 0.497 e. The van der Waals surface area contributed by atoms with Crippen molar-refractivity contribution >= 4 is 23.4 Å². The van der Waals surface area contributed by atoms with Gasteiger partial charge in [-0.3, -0.25) is 14.4 Å². The summed E-state index contributed by atoms with van der Waals surface area (Å²) < 4.78 is 16.0. The number of fused-ring (bicyclic) bond motifs is 1. The number of hydrogen-bond acceptors (Lipinski definition) is 7. The van der Waals surface area contributed by atoms with E-state index in [-0.39, 0.29) is 31.1 Å². The lowest BCUT2D eigenvalue weighted by atomic mass is 9.85. The van der Waals surface area contributed by atoms with E-state index >= 15 is 0 Å². The van der Waals surface area contributed by atoms with E-state index in [1.807, 2.05) is 48.5 Å². The molecule has 0 bridgehead atoms. The molecule has 10 heteroatoms. The summed E-state index contributed by atoms with van der Waals surface area (Å²) >= 11 is 0. The van der Waals surface area contributed by atoms with Crippen LogP contribution < -0.4 is 24.4 Å². The van der Waals surface area contributed by atoms with E-state index in [0.717, 1.165) is 11.3 Å². The van der Waals surface area contributed by atoms with Gasteiger partial charge in [-0.1, -0.05) is 24.3 Å². The van der Waals surface area contributed by atoms with Crippen molar-refractivity contribution < 1.29 is 28.6 Å². The molecule has 10 nitrogen and oxygen atoms in total. The molecule has 3 aromatic rings. The van der Waals surface area contributed by atoms with Crippen molar-refractivity contribution in [2.24, 2.45) is 0 Å². The van der Waals surface area contributed by atoms with Gasteiger partial charge < -0.3 is 34.2 Å². The first-order valence-corrected chi connectivity index (χ1v) is 13.7. The highest BCUT2D eigenvalue weighted by Gasteiger charge is 2.54. The van der Waals surface area contributed by atoms with Gasteiger partial charge in [0, 0.05) is 30.9 Å². The molecule has 0 aromatic heterocycles. The monoisotopic (exact) mass is 556 g/mol. The Hall–Kier alpha value is -4.73. The van der Waals surface area contributed by atoms with E-state index in [1.54, 1.807) is 41.2 Å². The van der Waals surface area contributed by atoms with Gasteiger partial charge >= 0.3 is 0 Å². The maximum absolute atomic E-state index is 14.0. The third-order valence-corrected chi connectivity index (χ3v) is 8.06. The first-order valence-electron chi connectivity index (χ1n) is 13.7. The molecule has 3 aliphatic rings. The van der Waals surface area contributed by atoms with Crippen molar-refractivity contribution in [1.29, 1.82) is 0 Å². The number of methoxy groups -OCH3 is 1. The number of rotatable bonds is 7. The predicted octanol–water partition coefficient (Wildman–Crippen LogP) is 3.02. The van der Waals surface area contributed by atoms with E-state index < -0.39 is 5.54 Å². The number of likely N-dealkylation sites (tertiary alicyclic amines) is 1. The van der Waals surface area contributed by atoms with Gasteiger partial charge in [0.25, 0.3) is 11.8 Å². The number of nitrogens with one attached hydrogen (secondary N) is 1. The molecule has 0 saturated carbocycles. The Labute approximate surface area is 238 Å². The molecule has 0 aliphatic carbocycles. The minimum absolute atomic E-state index is 0.0526. The number of piperidine rings is 1. The summed E-state index contributed by atoms with van der Waals surface area (Å²) in [6, 6.07) is 22.4. The quantitative estimate of drug-likeness (QED) is 0.478. The van der Waals surface area contributed by atoms with Crippen LogP contribution in [0.4, 0.5) is 5.69 Å².